The van der Waals surface area contributed by atoms with Crippen LogP contribution < -0.4 is 10.6 Å². The summed E-state index contributed by atoms with van der Waals surface area (Å²) in [6.45, 7) is 7.41. The van der Waals surface area contributed by atoms with Gasteiger partial charge in [-0.25, -0.2) is 4.79 Å². The van der Waals surface area contributed by atoms with Crippen molar-refractivity contribution >= 4 is 6.03 Å². The van der Waals surface area contributed by atoms with E-state index in [0.29, 0.717) is 18.0 Å². The first-order chi connectivity index (χ1) is 11.1. The fraction of sp³-hybridized carbons (Fsp3) is 0.632. The summed E-state index contributed by atoms with van der Waals surface area (Å²) in [5, 5.41) is 6.24. The minimum Gasteiger partial charge on any atom is -0.335 e. The Morgan fingerprint density at radius 1 is 1.22 bits per heavy atom. The molecule has 2 amide bonds. The Morgan fingerprint density at radius 2 is 1.91 bits per heavy atom. The van der Waals surface area contributed by atoms with Crippen LogP contribution in [-0.2, 0) is 6.54 Å². The second-order valence-electron chi connectivity index (χ2n) is 7.22. The first kappa shape index (κ1) is 16.3. The largest absolute Gasteiger partial charge is 0.335 e. The molecule has 4 nitrogen and oxygen atoms in total. The Hall–Kier alpha value is -1.55. The number of hydrogen-bond acceptors (Lipinski definition) is 2. The molecule has 0 spiro atoms. The zero-order valence-electron chi connectivity index (χ0n) is 14.3. The molecule has 0 radical (unpaired) electrons. The molecule has 1 aliphatic heterocycles. The minimum absolute atomic E-state index is 0.0155. The lowest BCUT2D eigenvalue weighted by Gasteiger charge is -2.33. The van der Waals surface area contributed by atoms with Gasteiger partial charge in [0.25, 0.3) is 0 Å². The third-order valence-corrected chi connectivity index (χ3v) is 5.27. The number of rotatable bonds is 5. The molecule has 1 saturated carbocycles. The van der Waals surface area contributed by atoms with Gasteiger partial charge in [-0.05, 0) is 56.6 Å². The van der Waals surface area contributed by atoms with E-state index in [-0.39, 0.29) is 6.03 Å². The van der Waals surface area contributed by atoms with Crippen molar-refractivity contribution in [2.45, 2.75) is 58.2 Å². The van der Waals surface area contributed by atoms with E-state index in [0.717, 1.165) is 32.5 Å². The van der Waals surface area contributed by atoms with Crippen molar-refractivity contribution in [3.63, 3.8) is 0 Å². The first-order valence-electron chi connectivity index (χ1n) is 8.95. The number of carbonyl (C=O) groups excluding carboxylic acids is 1. The van der Waals surface area contributed by atoms with Gasteiger partial charge in [-0.2, -0.15) is 0 Å². The van der Waals surface area contributed by atoms with Crippen LogP contribution in [0.4, 0.5) is 4.79 Å². The van der Waals surface area contributed by atoms with Gasteiger partial charge < -0.3 is 10.6 Å². The van der Waals surface area contributed by atoms with Crippen LogP contribution in [0.15, 0.2) is 24.3 Å². The van der Waals surface area contributed by atoms with E-state index in [1.165, 1.54) is 24.0 Å². The summed E-state index contributed by atoms with van der Waals surface area (Å²) in [6, 6.07) is 9.24. The van der Waals surface area contributed by atoms with E-state index >= 15 is 0 Å². The van der Waals surface area contributed by atoms with E-state index in [4.69, 9.17) is 0 Å². The lowest BCUT2D eigenvalue weighted by Crippen LogP contribution is -2.49. The number of hydrogen-bond donors (Lipinski definition) is 2. The smallest absolute Gasteiger partial charge is 0.315 e. The zero-order chi connectivity index (χ0) is 16.2. The predicted octanol–water partition coefficient (Wildman–Crippen LogP) is 3.06. The Kier molecular flexibility index (Phi) is 5.21. The minimum atomic E-state index is 0.0155. The molecule has 1 atom stereocenters. The SMILES string of the molecule is Cc1ccccc1CN1CCC(NC(=O)N[C@H](C)C2CC2)CC1. The van der Waals surface area contributed by atoms with Crippen molar-refractivity contribution in [1.29, 1.82) is 0 Å². The fourth-order valence-corrected chi connectivity index (χ4v) is 3.41. The number of benzene rings is 1. The van der Waals surface area contributed by atoms with Crippen molar-refractivity contribution in [1.82, 2.24) is 15.5 Å². The van der Waals surface area contributed by atoms with Crippen molar-refractivity contribution in [3.8, 4) is 0 Å². The third kappa shape index (κ3) is 4.71. The van der Waals surface area contributed by atoms with Crippen molar-refractivity contribution < 1.29 is 4.79 Å². The molecule has 1 aromatic carbocycles. The van der Waals surface area contributed by atoms with Gasteiger partial charge in [0.15, 0.2) is 0 Å². The van der Waals surface area contributed by atoms with Crippen molar-refractivity contribution in [2.24, 2.45) is 5.92 Å². The molecule has 2 N–H and O–H groups in total. The summed E-state index contributed by atoms with van der Waals surface area (Å²) >= 11 is 0. The van der Waals surface area contributed by atoms with Crippen molar-refractivity contribution in [3.05, 3.63) is 35.4 Å². The number of likely N-dealkylation sites (tertiary alicyclic amines) is 1. The Morgan fingerprint density at radius 3 is 2.57 bits per heavy atom. The molecule has 3 rings (SSSR count). The van der Waals surface area contributed by atoms with Gasteiger partial charge >= 0.3 is 6.03 Å². The van der Waals surface area contributed by atoms with Crippen LogP contribution in [-0.4, -0.2) is 36.1 Å². The second-order valence-corrected chi connectivity index (χ2v) is 7.22. The summed E-state index contributed by atoms with van der Waals surface area (Å²) in [5.74, 6) is 0.705. The number of carbonyl (C=O) groups is 1. The Balaban J connectivity index is 1.39. The lowest BCUT2D eigenvalue weighted by atomic mass is 10.0. The number of nitrogens with zero attached hydrogens (tertiary/aromatic N) is 1. The van der Waals surface area contributed by atoms with Gasteiger partial charge in [-0.1, -0.05) is 24.3 Å². The maximum Gasteiger partial charge on any atom is 0.315 e. The maximum absolute atomic E-state index is 12.0. The molecule has 2 fully saturated rings. The molecule has 0 bridgehead atoms. The highest BCUT2D eigenvalue weighted by atomic mass is 16.2. The molecular weight excluding hydrogens is 286 g/mol. The van der Waals surface area contributed by atoms with E-state index in [1.807, 2.05) is 0 Å². The highest BCUT2D eigenvalue weighted by molar-refractivity contribution is 5.74. The highest BCUT2D eigenvalue weighted by Gasteiger charge is 2.29. The molecule has 1 aliphatic carbocycles. The summed E-state index contributed by atoms with van der Waals surface area (Å²) in [5.41, 5.74) is 2.77. The van der Waals surface area contributed by atoms with Crippen LogP contribution in [0.25, 0.3) is 0 Å². The summed E-state index contributed by atoms with van der Waals surface area (Å²) in [4.78, 5) is 14.5. The highest BCUT2D eigenvalue weighted by Crippen LogP contribution is 2.32. The molecule has 126 valence electrons. The van der Waals surface area contributed by atoms with Crippen LogP contribution in [0, 0.1) is 12.8 Å². The topological polar surface area (TPSA) is 44.4 Å². The Bertz CT molecular complexity index is 533. The van der Waals surface area contributed by atoms with E-state index in [2.05, 4.69) is 53.6 Å². The van der Waals surface area contributed by atoms with Crippen LogP contribution in [0.1, 0.15) is 43.7 Å². The average Bonchev–Trinajstić information content (AvgIpc) is 3.36. The van der Waals surface area contributed by atoms with Gasteiger partial charge in [0.2, 0.25) is 0 Å². The Labute approximate surface area is 139 Å². The van der Waals surface area contributed by atoms with Gasteiger partial charge in [0.05, 0.1) is 0 Å². The zero-order valence-corrected chi connectivity index (χ0v) is 14.3. The maximum atomic E-state index is 12.0. The molecule has 0 aromatic heterocycles. The first-order valence-corrected chi connectivity index (χ1v) is 8.95. The fourth-order valence-electron chi connectivity index (χ4n) is 3.41. The van der Waals surface area contributed by atoms with Crippen LogP contribution in [0.2, 0.25) is 0 Å². The van der Waals surface area contributed by atoms with Gasteiger partial charge in [0.1, 0.15) is 0 Å². The number of urea groups is 1. The monoisotopic (exact) mass is 315 g/mol. The number of aryl methyl sites for hydroxylation is 1. The molecule has 2 aliphatic rings. The number of amides is 2. The molecule has 1 heterocycles. The number of nitrogens with one attached hydrogen (secondary N) is 2. The number of piperidine rings is 1. The predicted molar refractivity (Wildman–Crippen MR) is 93.3 cm³/mol. The van der Waals surface area contributed by atoms with E-state index < -0.39 is 0 Å². The van der Waals surface area contributed by atoms with Crippen molar-refractivity contribution in [2.75, 3.05) is 13.1 Å². The van der Waals surface area contributed by atoms with Crippen LogP contribution in [0.5, 0.6) is 0 Å². The summed E-state index contributed by atoms with van der Waals surface area (Å²) < 4.78 is 0. The molecule has 0 unspecified atom stereocenters. The quantitative estimate of drug-likeness (QED) is 0.877. The second kappa shape index (κ2) is 7.35. The van der Waals surface area contributed by atoms with Gasteiger partial charge in [0, 0.05) is 31.7 Å². The lowest BCUT2D eigenvalue weighted by molar-refractivity contribution is 0.185. The van der Waals surface area contributed by atoms with E-state index in [1.54, 1.807) is 0 Å². The molecule has 1 aromatic rings. The molecule has 4 heteroatoms. The van der Waals surface area contributed by atoms with E-state index in [9.17, 15) is 4.79 Å². The standard InChI is InChI=1S/C19H29N3O/c1-14-5-3-4-6-17(14)13-22-11-9-18(10-12-22)21-19(23)20-15(2)16-7-8-16/h3-6,15-16,18H,7-13H2,1-2H3,(H2,20,21,23)/t15-/m1/s1. The molecular formula is C19H29N3O. The average molecular weight is 315 g/mol. The third-order valence-electron chi connectivity index (χ3n) is 5.27. The summed E-state index contributed by atoms with van der Waals surface area (Å²) in [6.07, 6.45) is 4.60. The normalized spacial score (nSPS) is 21.0. The molecule has 23 heavy (non-hydrogen) atoms. The van der Waals surface area contributed by atoms with Gasteiger partial charge in [-0.3, -0.25) is 4.90 Å². The van der Waals surface area contributed by atoms with Crippen LogP contribution in [0.3, 0.4) is 0 Å². The molecule has 1 saturated heterocycles. The summed E-state index contributed by atoms with van der Waals surface area (Å²) in [7, 11) is 0. The van der Waals surface area contributed by atoms with Gasteiger partial charge in [-0.15, -0.1) is 0 Å². The van der Waals surface area contributed by atoms with Crippen LogP contribution >= 0.6 is 0 Å².